The van der Waals surface area contributed by atoms with Crippen LogP contribution < -0.4 is 14.2 Å². The van der Waals surface area contributed by atoms with Crippen molar-refractivity contribution in [2.24, 2.45) is 0 Å². The molecule has 0 radical (unpaired) electrons. The standard InChI is InChI=1S/C20H18O6/c1-3-6-25-18-7-12(4-5-16(18)24-2)17-8-13(11-21)20-15(23)9-14(22)10-19(20)26-17/h3-5,7-11,13,22-23H,1,6H2,2H3. The van der Waals surface area contributed by atoms with Gasteiger partial charge in [0.15, 0.2) is 11.5 Å². The third-order valence-electron chi connectivity index (χ3n) is 3.94. The van der Waals surface area contributed by atoms with Crippen LogP contribution in [0, 0.1) is 0 Å². The maximum atomic E-state index is 11.5. The highest BCUT2D eigenvalue weighted by Crippen LogP contribution is 2.44. The molecule has 26 heavy (non-hydrogen) atoms. The lowest BCUT2D eigenvalue weighted by molar-refractivity contribution is -0.108. The summed E-state index contributed by atoms with van der Waals surface area (Å²) in [6.07, 6.45) is 3.93. The average molecular weight is 354 g/mol. The molecule has 0 fully saturated rings. The predicted molar refractivity (Wildman–Crippen MR) is 95.9 cm³/mol. The minimum Gasteiger partial charge on any atom is -0.508 e. The molecule has 1 aliphatic rings. The number of rotatable bonds is 6. The molecule has 1 aliphatic heterocycles. The summed E-state index contributed by atoms with van der Waals surface area (Å²) in [4.78, 5) is 11.5. The third kappa shape index (κ3) is 3.21. The summed E-state index contributed by atoms with van der Waals surface area (Å²) in [7, 11) is 1.54. The molecule has 2 aromatic carbocycles. The van der Waals surface area contributed by atoms with Gasteiger partial charge in [0.1, 0.15) is 35.9 Å². The Hall–Kier alpha value is -3.41. The van der Waals surface area contributed by atoms with E-state index in [0.717, 1.165) is 0 Å². The van der Waals surface area contributed by atoms with Crippen molar-refractivity contribution < 1.29 is 29.2 Å². The van der Waals surface area contributed by atoms with Gasteiger partial charge in [-0.25, -0.2) is 0 Å². The molecule has 0 bridgehead atoms. The Morgan fingerprint density at radius 3 is 2.73 bits per heavy atom. The second kappa shape index (κ2) is 7.23. The predicted octanol–water partition coefficient (Wildman–Crippen LogP) is 3.39. The smallest absolute Gasteiger partial charge is 0.162 e. The second-order valence-electron chi connectivity index (χ2n) is 5.64. The highest BCUT2D eigenvalue weighted by atomic mass is 16.5. The molecule has 2 N–H and O–H groups in total. The van der Waals surface area contributed by atoms with Crippen LogP contribution in [0.3, 0.4) is 0 Å². The highest BCUT2D eigenvalue weighted by Gasteiger charge is 2.27. The summed E-state index contributed by atoms with van der Waals surface area (Å²) in [6, 6.07) is 7.75. The maximum absolute atomic E-state index is 11.5. The highest BCUT2D eigenvalue weighted by molar-refractivity contribution is 5.79. The van der Waals surface area contributed by atoms with Crippen LogP contribution in [0.2, 0.25) is 0 Å². The zero-order valence-corrected chi connectivity index (χ0v) is 14.1. The van der Waals surface area contributed by atoms with Crippen LogP contribution in [0.25, 0.3) is 5.76 Å². The Morgan fingerprint density at radius 1 is 1.23 bits per heavy atom. The monoisotopic (exact) mass is 354 g/mol. The van der Waals surface area contributed by atoms with Crippen molar-refractivity contribution >= 4 is 12.0 Å². The lowest BCUT2D eigenvalue weighted by Gasteiger charge is -2.23. The molecular formula is C20H18O6. The van der Waals surface area contributed by atoms with E-state index in [4.69, 9.17) is 14.2 Å². The number of benzene rings is 2. The molecule has 0 saturated carbocycles. The third-order valence-corrected chi connectivity index (χ3v) is 3.94. The van der Waals surface area contributed by atoms with E-state index >= 15 is 0 Å². The van der Waals surface area contributed by atoms with Gasteiger partial charge in [-0.1, -0.05) is 12.7 Å². The van der Waals surface area contributed by atoms with Crippen molar-refractivity contribution in [2.75, 3.05) is 13.7 Å². The van der Waals surface area contributed by atoms with E-state index in [2.05, 4.69) is 6.58 Å². The Morgan fingerprint density at radius 2 is 2.04 bits per heavy atom. The first-order valence-corrected chi connectivity index (χ1v) is 7.90. The number of phenolic OH excluding ortho intramolecular Hbond substituents is 2. The van der Waals surface area contributed by atoms with E-state index in [1.807, 2.05) is 0 Å². The van der Waals surface area contributed by atoms with Crippen LogP contribution in [0.4, 0.5) is 0 Å². The molecule has 1 atom stereocenters. The van der Waals surface area contributed by atoms with E-state index in [-0.39, 0.29) is 17.2 Å². The number of aldehydes is 1. The van der Waals surface area contributed by atoms with Crippen LogP contribution >= 0.6 is 0 Å². The molecule has 0 spiro atoms. The number of methoxy groups -OCH3 is 1. The van der Waals surface area contributed by atoms with Gasteiger partial charge < -0.3 is 29.2 Å². The Labute approximate surface area is 150 Å². The number of carbonyl (C=O) groups is 1. The first-order chi connectivity index (χ1) is 12.6. The topological polar surface area (TPSA) is 85.2 Å². The van der Waals surface area contributed by atoms with Crippen LogP contribution in [0.1, 0.15) is 17.0 Å². The Balaban J connectivity index is 2.03. The molecule has 6 heteroatoms. The van der Waals surface area contributed by atoms with E-state index in [0.29, 0.717) is 41.3 Å². The lowest BCUT2D eigenvalue weighted by atomic mass is 9.94. The van der Waals surface area contributed by atoms with Gasteiger partial charge in [-0.2, -0.15) is 0 Å². The molecule has 0 aromatic heterocycles. The van der Waals surface area contributed by atoms with Crippen LogP contribution in [0.15, 0.2) is 49.1 Å². The number of allylic oxidation sites excluding steroid dienone is 1. The fraction of sp³-hybridized carbons (Fsp3) is 0.150. The number of ether oxygens (including phenoxy) is 3. The van der Waals surface area contributed by atoms with Crippen molar-refractivity contribution in [3.63, 3.8) is 0 Å². The van der Waals surface area contributed by atoms with E-state index < -0.39 is 5.92 Å². The van der Waals surface area contributed by atoms with Crippen molar-refractivity contribution in [1.29, 1.82) is 0 Å². The minimum atomic E-state index is -0.700. The quantitative estimate of drug-likeness (QED) is 0.611. The molecule has 0 aliphatic carbocycles. The van der Waals surface area contributed by atoms with Crippen molar-refractivity contribution in [3.05, 3.63) is 60.2 Å². The van der Waals surface area contributed by atoms with Crippen LogP contribution in [-0.2, 0) is 4.79 Å². The fourth-order valence-corrected chi connectivity index (χ4v) is 2.77. The number of fused-ring (bicyclic) bond motifs is 1. The van der Waals surface area contributed by atoms with Crippen molar-refractivity contribution in [3.8, 4) is 28.7 Å². The van der Waals surface area contributed by atoms with Gasteiger partial charge in [0.05, 0.1) is 18.6 Å². The van der Waals surface area contributed by atoms with Gasteiger partial charge in [0.2, 0.25) is 0 Å². The second-order valence-corrected chi connectivity index (χ2v) is 5.64. The molecule has 2 aromatic rings. The van der Waals surface area contributed by atoms with Gasteiger partial charge in [-0.05, 0) is 24.3 Å². The largest absolute Gasteiger partial charge is 0.508 e. The molecule has 3 rings (SSSR count). The maximum Gasteiger partial charge on any atom is 0.162 e. The summed E-state index contributed by atoms with van der Waals surface area (Å²) in [5.74, 6) is 0.631. The minimum absolute atomic E-state index is 0.156. The lowest BCUT2D eigenvalue weighted by Crippen LogP contribution is -2.10. The zero-order valence-electron chi connectivity index (χ0n) is 14.1. The van der Waals surface area contributed by atoms with E-state index in [9.17, 15) is 15.0 Å². The first-order valence-electron chi connectivity index (χ1n) is 7.90. The number of hydrogen-bond donors (Lipinski definition) is 2. The Bertz CT molecular complexity index is 884. The molecule has 6 nitrogen and oxygen atoms in total. The van der Waals surface area contributed by atoms with Gasteiger partial charge >= 0.3 is 0 Å². The molecular weight excluding hydrogens is 336 g/mol. The van der Waals surface area contributed by atoms with Gasteiger partial charge in [-0.3, -0.25) is 0 Å². The summed E-state index contributed by atoms with van der Waals surface area (Å²) in [5.41, 5.74) is 0.975. The van der Waals surface area contributed by atoms with Crippen molar-refractivity contribution in [1.82, 2.24) is 0 Å². The first kappa shape index (κ1) is 17.4. The van der Waals surface area contributed by atoms with E-state index in [1.165, 1.54) is 19.2 Å². The summed E-state index contributed by atoms with van der Waals surface area (Å²) >= 11 is 0. The van der Waals surface area contributed by atoms with Crippen LogP contribution in [0.5, 0.6) is 28.7 Å². The van der Waals surface area contributed by atoms with Crippen molar-refractivity contribution in [2.45, 2.75) is 5.92 Å². The normalized spacial score (nSPS) is 15.3. The van der Waals surface area contributed by atoms with Crippen LogP contribution in [-0.4, -0.2) is 30.2 Å². The number of aromatic hydroxyl groups is 2. The summed E-state index contributed by atoms with van der Waals surface area (Å²) < 4.78 is 16.7. The number of carbonyl (C=O) groups excluding carboxylic acids is 1. The molecule has 1 heterocycles. The van der Waals surface area contributed by atoms with E-state index in [1.54, 1.807) is 30.4 Å². The molecule has 0 amide bonds. The Kier molecular flexibility index (Phi) is 4.84. The molecule has 134 valence electrons. The number of phenols is 2. The molecule has 0 saturated heterocycles. The van der Waals surface area contributed by atoms with Gasteiger partial charge in [0.25, 0.3) is 0 Å². The van der Waals surface area contributed by atoms with Gasteiger partial charge in [0, 0.05) is 17.7 Å². The average Bonchev–Trinajstić information content (AvgIpc) is 2.64. The fourth-order valence-electron chi connectivity index (χ4n) is 2.77. The molecule has 1 unspecified atom stereocenters. The SMILES string of the molecule is C=CCOc1cc(C2=CC(C=O)c3c(O)cc(O)cc3O2)ccc1OC. The number of hydrogen-bond acceptors (Lipinski definition) is 6. The summed E-state index contributed by atoms with van der Waals surface area (Å²) in [5, 5.41) is 19.7. The summed E-state index contributed by atoms with van der Waals surface area (Å²) in [6.45, 7) is 3.92. The zero-order chi connectivity index (χ0) is 18.7. The van der Waals surface area contributed by atoms with Gasteiger partial charge in [-0.15, -0.1) is 0 Å².